The van der Waals surface area contributed by atoms with Gasteiger partial charge < -0.3 is 14.8 Å². The molecule has 2 N–H and O–H groups in total. The third kappa shape index (κ3) is 1.66. The Kier molecular flexibility index (Phi) is 2.69. The Bertz CT molecular complexity index is 877. The molecule has 0 aliphatic carbocycles. The second-order valence-electron chi connectivity index (χ2n) is 5.35. The van der Waals surface area contributed by atoms with Crippen LogP contribution >= 0.6 is 7.14 Å². The van der Waals surface area contributed by atoms with Gasteiger partial charge in [-0.3, -0.25) is 0 Å². The van der Waals surface area contributed by atoms with E-state index in [9.17, 15) is 14.8 Å². The van der Waals surface area contributed by atoms with Gasteiger partial charge in [0.2, 0.25) is 0 Å². The van der Waals surface area contributed by atoms with Crippen molar-refractivity contribution in [1.82, 2.24) is 0 Å². The van der Waals surface area contributed by atoms with E-state index in [1.165, 1.54) is 0 Å². The summed E-state index contributed by atoms with van der Waals surface area (Å²) in [6.07, 6.45) is 0. The van der Waals surface area contributed by atoms with Gasteiger partial charge in [-0.1, -0.05) is 30.3 Å². The van der Waals surface area contributed by atoms with Crippen LogP contribution in [0.25, 0.3) is 11.1 Å². The third-order valence-electron chi connectivity index (χ3n) is 4.05. The molecule has 3 nitrogen and oxygen atoms in total. The average molecular weight is 308 g/mol. The van der Waals surface area contributed by atoms with E-state index in [-0.39, 0.29) is 11.5 Å². The van der Waals surface area contributed by atoms with Gasteiger partial charge in [-0.15, -0.1) is 0 Å². The topological polar surface area (TPSA) is 57.5 Å². The molecule has 0 fully saturated rings. The third-order valence-corrected chi connectivity index (χ3v) is 7.17. The number of hydrogen-bond acceptors (Lipinski definition) is 3. The summed E-state index contributed by atoms with van der Waals surface area (Å²) in [7, 11) is -3.08. The zero-order chi connectivity index (χ0) is 15.3. The lowest BCUT2D eigenvalue weighted by molar-refractivity contribution is 0.475. The molecule has 108 valence electrons. The highest BCUT2D eigenvalue weighted by molar-refractivity contribution is 7.86. The minimum Gasteiger partial charge on any atom is -0.508 e. The van der Waals surface area contributed by atoms with Crippen molar-refractivity contribution in [2.45, 2.75) is 0 Å². The maximum absolute atomic E-state index is 13.9. The van der Waals surface area contributed by atoms with E-state index in [0.717, 1.165) is 11.1 Å². The van der Waals surface area contributed by atoms with Crippen molar-refractivity contribution < 1.29 is 14.8 Å². The fourth-order valence-corrected chi connectivity index (χ4v) is 6.17. The summed E-state index contributed by atoms with van der Waals surface area (Å²) in [5.41, 5.74) is 1.69. The Hall–Kier alpha value is -2.51. The highest BCUT2D eigenvalue weighted by atomic mass is 31.2. The second-order valence-corrected chi connectivity index (χ2v) is 8.05. The van der Waals surface area contributed by atoms with Gasteiger partial charge in [0.25, 0.3) is 0 Å². The molecule has 0 saturated carbocycles. The first-order valence-electron chi connectivity index (χ1n) is 6.94. The molecule has 1 aliphatic heterocycles. The molecular weight excluding hydrogens is 295 g/mol. The quantitative estimate of drug-likeness (QED) is 0.532. The fraction of sp³-hybridized carbons (Fsp3) is 0. The van der Waals surface area contributed by atoms with Gasteiger partial charge in [-0.05, 0) is 47.5 Å². The number of phenolic OH excluding ortho intramolecular Hbond substituents is 2. The van der Waals surface area contributed by atoms with Crippen molar-refractivity contribution in [2.75, 3.05) is 0 Å². The molecule has 3 aromatic rings. The van der Waals surface area contributed by atoms with Crippen LogP contribution in [-0.2, 0) is 4.57 Å². The lowest BCUT2D eigenvalue weighted by atomic mass is 10.1. The molecular formula is C18H13O3P. The highest BCUT2D eigenvalue weighted by Gasteiger charge is 2.40. The van der Waals surface area contributed by atoms with Crippen molar-refractivity contribution in [3.8, 4) is 22.6 Å². The predicted octanol–water partition coefficient (Wildman–Crippen LogP) is 2.72. The molecule has 4 rings (SSSR count). The Balaban J connectivity index is 2.14. The molecule has 0 atom stereocenters. The van der Waals surface area contributed by atoms with Gasteiger partial charge in [0.05, 0.1) is 0 Å². The van der Waals surface area contributed by atoms with Crippen LogP contribution in [0.15, 0.2) is 66.7 Å². The Morgan fingerprint density at radius 3 is 1.68 bits per heavy atom. The van der Waals surface area contributed by atoms with Crippen LogP contribution in [0.5, 0.6) is 11.5 Å². The first-order chi connectivity index (χ1) is 10.6. The summed E-state index contributed by atoms with van der Waals surface area (Å²) < 4.78 is 13.9. The summed E-state index contributed by atoms with van der Waals surface area (Å²) in [6.45, 7) is 0. The van der Waals surface area contributed by atoms with E-state index in [1.54, 1.807) is 36.4 Å². The molecule has 4 heteroatoms. The summed E-state index contributed by atoms with van der Waals surface area (Å²) in [5.74, 6) is 0.180. The molecule has 1 heterocycles. The van der Waals surface area contributed by atoms with E-state index >= 15 is 0 Å². The van der Waals surface area contributed by atoms with Crippen LogP contribution in [0.4, 0.5) is 0 Å². The van der Waals surface area contributed by atoms with Gasteiger partial charge in [0, 0.05) is 15.9 Å². The first-order valence-corrected chi connectivity index (χ1v) is 8.64. The number of hydrogen-bond donors (Lipinski definition) is 2. The number of benzene rings is 3. The minimum atomic E-state index is -3.08. The normalized spacial score (nSPS) is 14.4. The standard InChI is InChI=1S/C18H13O3P/c19-12-6-8-15-16-9-7-13(20)11-18(16)22(21,17(15)10-12)14-4-2-1-3-5-14/h1-11,19-20H. The van der Waals surface area contributed by atoms with Crippen LogP contribution < -0.4 is 15.9 Å². The van der Waals surface area contributed by atoms with Crippen molar-refractivity contribution >= 4 is 23.1 Å². The predicted molar refractivity (Wildman–Crippen MR) is 88.2 cm³/mol. The maximum Gasteiger partial charge on any atom is 0.172 e. The SMILES string of the molecule is O=P1(c2ccccc2)c2cc(O)ccc2-c2ccc(O)cc21. The van der Waals surface area contributed by atoms with Crippen molar-refractivity contribution in [3.05, 3.63) is 66.7 Å². The van der Waals surface area contributed by atoms with Gasteiger partial charge in [0.1, 0.15) is 11.5 Å². The summed E-state index contributed by atoms with van der Waals surface area (Å²) in [5, 5.41) is 21.6. The summed E-state index contributed by atoms with van der Waals surface area (Å²) in [4.78, 5) is 0. The molecule has 0 radical (unpaired) electrons. The molecule has 3 aromatic carbocycles. The monoisotopic (exact) mass is 308 g/mol. The molecule has 0 amide bonds. The number of aromatic hydroxyl groups is 2. The van der Waals surface area contributed by atoms with Crippen molar-refractivity contribution in [2.24, 2.45) is 0 Å². The van der Waals surface area contributed by atoms with E-state index < -0.39 is 7.14 Å². The van der Waals surface area contributed by atoms with Gasteiger partial charge in [0.15, 0.2) is 7.14 Å². The van der Waals surface area contributed by atoms with E-state index in [2.05, 4.69) is 0 Å². The molecule has 22 heavy (non-hydrogen) atoms. The Morgan fingerprint density at radius 2 is 1.18 bits per heavy atom. The maximum atomic E-state index is 13.9. The molecule has 1 aliphatic rings. The zero-order valence-electron chi connectivity index (χ0n) is 11.6. The van der Waals surface area contributed by atoms with E-state index in [1.807, 2.05) is 30.3 Å². The van der Waals surface area contributed by atoms with Gasteiger partial charge in [-0.25, -0.2) is 0 Å². The van der Waals surface area contributed by atoms with Gasteiger partial charge >= 0.3 is 0 Å². The molecule has 0 unspecified atom stereocenters. The van der Waals surface area contributed by atoms with Gasteiger partial charge in [-0.2, -0.15) is 0 Å². The number of fused-ring (bicyclic) bond motifs is 3. The number of rotatable bonds is 1. The lowest BCUT2D eigenvalue weighted by Gasteiger charge is -2.15. The number of phenols is 2. The van der Waals surface area contributed by atoms with Crippen LogP contribution in [0.3, 0.4) is 0 Å². The molecule has 0 saturated heterocycles. The van der Waals surface area contributed by atoms with Crippen LogP contribution in [0.2, 0.25) is 0 Å². The molecule has 0 aromatic heterocycles. The fourth-order valence-electron chi connectivity index (χ4n) is 3.06. The van der Waals surface area contributed by atoms with Crippen LogP contribution in [-0.4, -0.2) is 10.2 Å². The Labute approximate surface area is 127 Å². The van der Waals surface area contributed by atoms with E-state index in [4.69, 9.17) is 0 Å². The van der Waals surface area contributed by atoms with E-state index in [0.29, 0.717) is 15.9 Å². The highest BCUT2D eigenvalue weighted by Crippen LogP contribution is 2.53. The first kappa shape index (κ1) is 13.2. The van der Waals surface area contributed by atoms with Crippen molar-refractivity contribution in [3.63, 3.8) is 0 Å². The van der Waals surface area contributed by atoms with Crippen LogP contribution in [0, 0.1) is 0 Å². The summed E-state index contributed by atoms with van der Waals surface area (Å²) >= 11 is 0. The summed E-state index contributed by atoms with van der Waals surface area (Å²) in [6, 6.07) is 19.1. The zero-order valence-corrected chi connectivity index (χ0v) is 12.5. The largest absolute Gasteiger partial charge is 0.508 e. The average Bonchev–Trinajstić information content (AvgIpc) is 2.78. The minimum absolute atomic E-state index is 0.0898. The van der Waals surface area contributed by atoms with Crippen LogP contribution in [0.1, 0.15) is 0 Å². The molecule has 0 bridgehead atoms. The second kappa shape index (κ2) is 4.49. The van der Waals surface area contributed by atoms with Crippen molar-refractivity contribution in [1.29, 1.82) is 0 Å². The smallest absolute Gasteiger partial charge is 0.172 e. The molecule has 0 spiro atoms. The Morgan fingerprint density at radius 1 is 0.682 bits per heavy atom. The lowest BCUT2D eigenvalue weighted by Crippen LogP contribution is -2.20.